The monoisotopic (exact) mass is 239 g/mol. The van der Waals surface area contributed by atoms with E-state index in [1.54, 1.807) is 18.3 Å². The molecule has 0 amide bonds. The average molecular weight is 239 g/mol. The Hall–Kier alpha value is -2.11. The van der Waals surface area contributed by atoms with Gasteiger partial charge < -0.3 is 5.73 Å². The second-order valence-corrected chi connectivity index (χ2v) is 3.37. The summed E-state index contributed by atoms with van der Waals surface area (Å²) in [6, 6.07) is 5.57. The standard InChI is InChI=1S/C11H8F3N3/c12-11(13,14)9-4-3-8(10(15)17-9)7-2-1-5-16-6-7/h1-6H,(H2,15,17). The molecule has 2 N–H and O–H groups in total. The fourth-order valence-electron chi connectivity index (χ4n) is 1.40. The van der Waals surface area contributed by atoms with Crippen LogP contribution in [-0.2, 0) is 6.18 Å². The van der Waals surface area contributed by atoms with Gasteiger partial charge in [-0.2, -0.15) is 13.2 Å². The van der Waals surface area contributed by atoms with Gasteiger partial charge in [-0.3, -0.25) is 4.98 Å². The highest BCUT2D eigenvalue weighted by atomic mass is 19.4. The Kier molecular flexibility index (Phi) is 2.71. The molecule has 2 aromatic rings. The number of rotatable bonds is 1. The van der Waals surface area contributed by atoms with Crippen LogP contribution in [0.25, 0.3) is 11.1 Å². The lowest BCUT2D eigenvalue weighted by Gasteiger charge is -2.09. The van der Waals surface area contributed by atoms with Crippen molar-refractivity contribution in [3.8, 4) is 11.1 Å². The predicted octanol–water partition coefficient (Wildman–Crippen LogP) is 2.74. The summed E-state index contributed by atoms with van der Waals surface area (Å²) in [6.07, 6.45) is -1.40. The number of halogens is 3. The van der Waals surface area contributed by atoms with Crippen LogP contribution < -0.4 is 5.73 Å². The second kappa shape index (κ2) is 4.04. The minimum Gasteiger partial charge on any atom is -0.383 e. The number of alkyl halides is 3. The van der Waals surface area contributed by atoms with E-state index in [1.807, 2.05) is 0 Å². The van der Waals surface area contributed by atoms with E-state index in [2.05, 4.69) is 9.97 Å². The molecule has 0 aromatic carbocycles. The quantitative estimate of drug-likeness (QED) is 0.832. The average Bonchev–Trinajstić information content (AvgIpc) is 2.29. The number of nitrogens with zero attached hydrogens (tertiary/aromatic N) is 2. The topological polar surface area (TPSA) is 51.8 Å². The van der Waals surface area contributed by atoms with Crippen molar-refractivity contribution in [2.24, 2.45) is 0 Å². The number of aromatic nitrogens is 2. The number of anilines is 1. The minimum atomic E-state index is -4.48. The van der Waals surface area contributed by atoms with Crippen molar-refractivity contribution in [2.45, 2.75) is 6.18 Å². The first kappa shape index (κ1) is 11.4. The van der Waals surface area contributed by atoms with E-state index in [1.165, 1.54) is 12.3 Å². The lowest BCUT2D eigenvalue weighted by molar-refractivity contribution is -0.141. The molecule has 0 aliphatic heterocycles. The van der Waals surface area contributed by atoms with E-state index in [0.717, 1.165) is 6.07 Å². The van der Waals surface area contributed by atoms with E-state index in [0.29, 0.717) is 11.1 Å². The third-order valence-electron chi connectivity index (χ3n) is 2.19. The largest absolute Gasteiger partial charge is 0.433 e. The highest BCUT2D eigenvalue weighted by molar-refractivity contribution is 5.73. The van der Waals surface area contributed by atoms with Crippen molar-refractivity contribution in [1.29, 1.82) is 0 Å². The van der Waals surface area contributed by atoms with Crippen molar-refractivity contribution >= 4 is 5.82 Å². The molecule has 0 bridgehead atoms. The number of hydrogen-bond donors (Lipinski definition) is 1. The van der Waals surface area contributed by atoms with Crippen molar-refractivity contribution in [3.05, 3.63) is 42.4 Å². The van der Waals surface area contributed by atoms with Crippen LogP contribution in [0.4, 0.5) is 19.0 Å². The van der Waals surface area contributed by atoms with Gasteiger partial charge in [0.25, 0.3) is 0 Å². The molecule has 3 nitrogen and oxygen atoms in total. The molecule has 0 aliphatic rings. The van der Waals surface area contributed by atoms with Crippen LogP contribution in [0.5, 0.6) is 0 Å². The molecule has 0 saturated heterocycles. The molecule has 6 heteroatoms. The molecule has 0 spiro atoms. The highest BCUT2D eigenvalue weighted by Crippen LogP contribution is 2.31. The van der Waals surface area contributed by atoms with Gasteiger partial charge in [0, 0.05) is 23.5 Å². The van der Waals surface area contributed by atoms with Gasteiger partial charge in [-0.15, -0.1) is 0 Å². The SMILES string of the molecule is Nc1nc(C(F)(F)F)ccc1-c1cccnc1. The summed E-state index contributed by atoms with van der Waals surface area (Å²) in [5, 5.41) is 0. The molecule has 0 unspecified atom stereocenters. The molecule has 2 rings (SSSR count). The molecular formula is C11H8F3N3. The minimum absolute atomic E-state index is 0.159. The molecule has 0 radical (unpaired) electrons. The highest BCUT2D eigenvalue weighted by Gasteiger charge is 2.32. The van der Waals surface area contributed by atoms with Crippen LogP contribution in [-0.4, -0.2) is 9.97 Å². The van der Waals surface area contributed by atoms with E-state index in [9.17, 15) is 13.2 Å². The Morgan fingerprint density at radius 1 is 1.12 bits per heavy atom. The fourth-order valence-corrected chi connectivity index (χ4v) is 1.40. The van der Waals surface area contributed by atoms with Crippen molar-refractivity contribution in [1.82, 2.24) is 9.97 Å². The first-order chi connectivity index (χ1) is 7.98. The Morgan fingerprint density at radius 3 is 2.41 bits per heavy atom. The second-order valence-electron chi connectivity index (χ2n) is 3.37. The van der Waals surface area contributed by atoms with Gasteiger partial charge in [-0.1, -0.05) is 6.07 Å². The van der Waals surface area contributed by atoms with Gasteiger partial charge in [0.1, 0.15) is 11.5 Å². The molecular weight excluding hydrogens is 231 g/mol. The van der Waals surface area contributed by atoms with Crippen LogP contribution in [0.3, 0.4) is 0 Å². The normalized spacial score (nSPS) is 11.5. The maximum Gasteiger partial charge on any atom is 0.433 e. The van der Waals surface area contributed by atoms with Gasteiger partial charge >= 0.3 is 6.18 Å². The molecule has 2 heterocycles. The summed E-state index contributed by atoms with van der Waals surface area (Å²) in [5.41, 5.74) is 5.58. The predicted molar refractivity (Wildman–Crippen MR) is 56.9 cm³/mol. The summed E-state index contributed by atoms with van der Waals surface area (Å²) in [5.74, 6) is -0.159. The Morgan fingerprint density at radius 2 is 1.88 bits per heavy atom. The first-order valence-electron chi connectivity index (χ1n) is 4.72. The van der Waals surface area contributed by atoms with Crippen LogP contribution in [0, 0.1) is 0 Å². The number of nitrogen functional groups attached to an aromatic ring is 1. The summed E-state index contributed by atoms with van der Waals surface area (Å²) < 4.78 is 37.1. The number of pyridine rings is 2. The van der Waals surface area contributed by atoms with Gasteiger partial charge in [0.2, 0.25) is 0 Å². The molecule has 0 atom stereocenters. The van der Waals surface area contributed by atoms with E-state index in [-0.39, 0.29) is 5.82 Å². The molecule has 0 aliphatic carbocycles. The first-order valence-corrected chi connectivity index (χ1v) is 4.72. The smallest absolute Gasteiger partial charge is 0.383 e. The number of hydrogen-bond acceptors (Lipinski definition) is 3. The zero-order chi connectivity index (χ0) is 12.5. The van der Waals surface area contributed by atoms with Gasteiger partial charge in [-0.25, -0.2) is 4.98 Å². The molecule has 2 aromatic heterocycles. The molecule has 0 saturated carbocycles. The lowest BCUT2D eigenvalue weighted by atomic mass is 10.1. The maximum absolute atomic E-state index is 12.4. The summed E-state index contributed by atoms with van der Waals surface area (Å²) >= 11 is 0. The zero-order valence-corrected chi connectivity index (χ0v) is 8.57. The van der Waals surface area contributed by atoms with Crippen LogP contribution in [0.15, 0.2) is 36.7 Å². The molecule has 17 heavy (non-hydrogen) atoms. The Labute approximate surface area is 95.1 Å². The van der Waals surface area contributed by atoms with Crippen LogP contribution in [0.1, 0.15) is 5.69 Å². The van der Waals surface area contributed by atoms with E-state index >= 15 is 0 Å². The zero-order valence-electron chi connectivity index (χ0n) is 8.57. The van der Waals surface area contributed by atoms with Crippen LogP contribution >= 0.6 is 0 Å². The third-order valence-corrected chi connectivity index (χ3v) is 2.19. The summed E-state index contributed by atoms with van der Waals surface area (Å²) in [6.45, 7) is 0. The van der Waals surface area contributed by atoms with Gasteiger partial charge in [0.05, 0.1) is 0 Å². The summed E-state index contributed by atoms with van der Waals surface area (Å²) in [4.78, 5) is 7.21. The third kappa shape index (κ3) is 2.35. The Balaban J connectivity index is 2.46. The fraction of sp³-hybridized carbons (Fsp3) is 0.0909. The molecule has 0 fully saturated rings. The van der Waals surface area contributed by atoms with Crippen LogP contribution in [0.2, 0.25) is 0 Å². The van der Waals surface area contributed by atoms with E-state index < -0.39 is 11.9 Å². The summed E-state index contributed by atoms with van der Waals surface area (Å²) in [7, 11) is 0. The number of nitrogens with two attached hydrogens (primary N) is 1. The van der Waals surface area contributed by atoms with Gasteiger partial charge in [0.15, 0.2) is 0 Å². The van der Waals surface area contributed by atoms with Crippen molar-refractivity contribution in [2.75, 3.05) is 5.73 Å². The van der Waals surface area contributed by atoms with E-state index in [4.69, 9.17) is 5.73 Å². The lowest BCUT2D eigenvalue weighted by Crippen LogP contribution is -2.09. The van der Waals surface area contributed by atoms with Crippen molar-refractivity contribution < 1.29 is 13.2 Å². The Bertz CT molecular complexity index is 523. The van der Waals surface area contributed by atoms with Crippen molar-refractivity contribution in [3.63, 3.8) is 0 Å². The maximum atomic E-state index is 12.4. The molecule has 88 valence electrons. The van der Waals surface area contributed by atoms with Gasteiger partial charge in [-0.05, 0) is 18.2 Å².